The normalized spacial score (nSPS) is 10.8. The summed E-state index contributed by atoms with van der Waals surface area (Å²) < 4.78 is 31.9. The molecule has 0 saturated carbocycles. The molecular formula is C16H16N2O3S. The number of nitriles is 1. The summed E-state index contributed by atoms with van der Waals surface area (Å²) in [6, 6.07) is 13.8. The van der Waals surface area contributed by atoms with Crippen molar-refractivity contribution >= 4 is 15.7 Å². The van der Waals surface area contributed by atoms with E-state index in [0.717, 1.165) is 5.56 Å². The fourth-order valence-electron chi connectivity index (χ4n) is 1.97. The Morgan fingerprint density at radius 2 is 1.86 bits per heavy atom. The van der Waals surface area contributed by atoms with E-state index in [4.69, 9.17) is 10.00 Å². The predicted molar refractivity (Wildman–Crippen MR) is 85.1 cm³/mol. The number of benzene rings is 2. The van der Waals surface area contributed by atoms with Crippen LogP contribution in [0.5, 0.6) is 5.75 Å². The van der Waals surface area contributed by atoms with Crippen LogP contribution in [-0.4, -0.2) is 15.5 Å². The first kappa shape index (κ1) is 15.9. The number of sulfonamides is 1. The van der Waals surface area contributed by atoms with E-state index in [1.807, 2.05) is 25.1 Å². The molecule has 114 valence electrons. The molecule has 0 heterocycles. The number of nitrogens with zero attached hydrogens (tertiary/aromatic N) is 1. The second-order valence-corrected chi connectivity index (χ2v) is 6.60. The van der Waals surface area contributed by atoms with Crippen molar-refractivity contribution in [3.05, 3.63) is 59.2 Å². The summed E-state index contributed by atoms with van der Waals surface area (Å²) in [4.78, 5) is 0. The zero-order chi connectivity index (χ0) is 16.2. The summed E-state index contributed by atoms with van der Waals surface area (Å²) in [5.41, 5.74) is 2.50. The van der Waals surface area contributed by atoms with Gasteiger partial charge in [-0.25, -0.2) is 8.42 Å². The SMILES string of the molecule is COc1cc(NS(=O)(=O)Cc2ccc(C)cc2)ccc1C#N. The molecule has 0 aromatic heterocycles. The smallest absolute Gasteiger partial charge is 0.236 e. The highest BCUT2D eigenvalue weighted by Gasteiger charge is 2.13. The van der Waals surface area contributed by atoms with Gasteiger partial charge < -0.3 is 4.74 Å². The number of rotatable bonds is 5. The molecule has 5 nitrogen and oxygen atoms in total. The third kappa shape index (κ3) is 3.99. The molecule has 22 heavy (non-hydrogen) atoms. The van der Waals surface area contributed by atoms with Gasteiger partial charge in [0.05, 0.1) is 24.1 Å². The molecule has 6 heteroatoms. The van der Waals surface area contributed by atoms with Crippen molar-refractivity contribution in [2.45, 2.75) is 12.7 Å². The van der Waals surface area contributed by atoms with Gasteiger partial charge in [0.15, 0.2) is 0 Å². The minimum Gasteiger partial charge on any atom is -0.495 e. The van der Waals surface area contributed by atoms with Crippen molar-refractivity contribution in [3.8, 4) is 11.8 Å². The lowest BCUT2D eigenvalue weighted by Gasteiger charge is -2.10. The maximum Gasteiger partial charge on any atom is 0.236 e. The molecule has 2 rings (SSSR count). The Morgan fingerprint density at radius 3 is 2.45 bits per heavy atom. The molecule has 0 saturated heterocycles. The lowest BCUT2D eigenvalue weighted by Crippen LogP contribution is -2.15. The standard InChI is InChI=1S/C16H16N2O3S/c1-12-3-5-13(6-4-12)11-22(19,20)18-15-8-7-14(10-17)16(9-15)21-2/h3-9,18H,11H2,1-2H3. The lowest BCUT2D eigenvalue weighted by atomic mass is 10.2. The van der Waals surface area contributed by atoms with E-state index in [0.29, 0.717) is 22.6 Å². The molecule has 0 aliphatic heterocycles. The summed E-state index contributed by atoms with van der Waals surface area (Å²) in [5.74, 6) is 0.216. The van der Waals surface area contributed by atoms with Crippen molar-refractivity contribution in [3.63, 3.8) is 0 Å². The Bertz CT molecular complexity index is 806. The van der Waals surface area contributed by atoms with E-state index in [1.54, 1.807) is 12.1 Å². The number of hydrogen-bond acceptors (Lipinski definition) is 4. The monoisotopic (exact) mass is 316 g/mol. The van der Waals surface area contributed by atoms with Gasteiger partial charge in [-0.3, -0.25) is 4.72 Å². The molecule has 0 aliphatic carbocycles. The molecule has 2 aromatic rings. The Kier molecular flexibility index (Phi) is 4.68. The Hall–Kier alpha value is -2.52. The van der Waals surface area contributed by atoms with Crippen LogP contribution in [0, 0.1) is 18.3 Å². The van der Waals surface area contributed by atoms with Gasteiger partial charge in [-0.15, -0.1) is 0 Å². The molecule has 0 bridgehead atoms. The summed E-state index contributed by atoms with van der Waals surface area (Å²) in [5, 5.41) is 8.92. The highest BCUT2D eigenvalue weighted by molar-refractivity contribution is 7.91. The summed E-state index contributed by atoms with van der Waals surface area (Å²) in [7, 11) is -2.10. The van der Waals surface area contributed by atoms with E-state index in [9.17, 15) is 8.42 Å². The van der Waals surface area contributed by atoms with Crippen LogP contribution in [0.2, 0.25) is 0 Å². The van der Waals surface area contributed by atoms with Crippen LogP contribution in [0.3, 0.4) is 0 Å². The molecule has 2 aromatic carbocycles. The third-order valence-electron chi connectivity index (χ3n) is 3.07. The number of hydrogen-bond donors (Lipinski definition) is 1. The predicted octanol–water partition coefficient (Wildman–Crippen LogP) is 2.82. The van der Waals surface area contributed by atoms with Crippen LogP contribution in [0.15, 0.2) is 42.5 Å². The molecule has 0 atom stereocenters. The van der Waals surface area contributed by atoms with Crippen LogP contribution in [0.25, 0.3) is 0 Å². The van der Waals surface area contributed by atoms with Crippen molar-refractivity contribution in [1.29, 1.82) is 5.26 Å². The quantitative estimate of drug-likeness (QED) is 0.920. The number of nitrogens with one attached hydrogen (secondary N) is 1. The molecule has 1 N–H and O–H groups in total. The van der Waals surface area contributed by atoms with Gasteiger partial charge in [-0.1, -0.05) is 29.8 Å². The first-order valence-corrected chi connectivity index (χ1v) is 8.23. The second kappa shape index (κ2) is 6.50. The molecule has 0 fully saturated rings. The summed E-state index contributed by atoms with van der Waals surface area (Å²) >= 11 is 0. The fourth-order valence-corrected chi connectivity index (χ4v) is 3.16. The highest BCUT2D eigenvalue weighted by atomic mass is 32.2. The van der Waals surface area contributed by atoms with Crippen LogP contribution >= 0.6 is 0 Å². The molecule has 0 spiro atoms. The molecule has 0 amide bonds. The maximum atomic E-state index is 12.2. The van der Waals surface area contributed by atoms with Crippen molar-refractivity contribution < 1.29 is 13.2 Å². The minimum absolute atomic E-state index is 0.115. The van der Waals surface area contributed by atoms with Gasteiger partial charge in [-0.05, 0) is 24.6 Å². The Balaban J connectivity index is 2.18. The number of ether oxygens (including phenoxy) is 1. The van der Waals surface area contributed by atoms with Gasteiger partial charge in [0, 0.05) is 6.07 Å². The van der Waals surface area contributed by atoms with E-state index < -0.39 is 10.0 Å². The van der Waals surface area contributed by atoms with Crippen LogP contribution < -0.4 is 9.46 Å². The van der Waals surface area contributed by atoms with E-state index in [1.165, 1.54) is 25.3 Å². The lowest BCUT2D eigenvalue weighted by molar-refractivity contribution is 0.413. The van der Waals surface area contributed by atoms with Crippen LogP contribution in [0.4, 0.5) is 5.69 Å². The second-order valence-electron chi connectivity index (χ2n) is 4.87. The molecule has 0 aliphatic rings. The average Bonchev–Trinajstić information content (AvgIpc) is 2.48. The molecule has 0 unspecified atom stereocenters. The van der Waals surface area contributed by atoms with Gasteiger partial charge >= 0.3 is 0 Å². The zero-order valence-electron chi connectivity index (χ0n) is 12.3. The largest absolute Gasteiger partial charge is 0.495 e. The van der Waals surface area contributed by atoms with Crippen molar-refractivity contribution in [2.75, 3.05) is 11.8 Å². The topological polar surface area (TPSA) is 79.2 Å². The maximum absolute atomic E-state index is 12.2. The minimum atomic E-state index is -3.53. The molecule has 0 radical (unpaired) electrons. The number of methoxy groups -OCH3 is 1. The first-order chi connectivity index (χ1) is 10.4. The van der Waals surface area contributed by atoms with Crippen LogP contribution in [-0.2, 0) is 15.8 Å². The summed E-state index contributed by atoms with van der Waals surface area (Å²) in [6.07, 6.45) is 0. The Labute approximate surface area is 130 Å². The number of aryl methyl sites for hydroxylation is 1. The van der Waals surface area contributed by atoms with Gasteiger partial charge in [0.1, 0.15) is 11.8 Å². The zero-order valence-corrected chi connectivity index (χ0v) is 13.1. The third-order valence-corrected chi connectivity index (χ3v) is 4.33. The van der Waals surface area contributed by atoms with E-state index in [-0.39, 0.29) is 5.75 Å². The highest BCUT2D eigenvalue weighted by Crippen LogP contribution is 2.23. The van der Waals surface area contributed by atoms with E-state index in [2.05, 4.69) is 4.72 Å². The summed E-state index contributed by atoms with van der Waals surface area (Å²) in [6.45, 7) is 1.94. The van der Waals surface area contributed by atoms with Gasteiger partial charge in [0.25, 0.3) is 0 Å². The van der Waals surface area contributed by atoms with Gasteiger partial charge in [0.2, 0.25) is 10.0 Å². The Morgan fingerprint density at radius 1 is 1.18 bits per heavy atom. The average molecular weight is 316 g/mol. The number of anilines is 1. The van der Waals surface area contributed by atoms with Crippen LogP contribution in [0.1, 0.15) is 16.7 Å². The molecular weight excluding hydrogens is 300 g/mol. The van der Waals surface area contributed by atoms with Crippen molar-refractivity contribution in [1.82, 2.24) is 0 Å². The fraction of sp³-hybridized carbons (Fsp3) is 0.188. The van der Waals surface area contributed by atoms with Crippen molar-refractivity contribution in [2.24, 2.45) is 0 Å². The van der Waals surface area contributed by atoms with E-state index >= 15 is 0 Å². The van der Waals surface area contributed by atoms with Gasteiger partial charge in [-0.2, -0.15) is 5.26 Å². The first-order valence-electron chi connectivity index (χ1n) is 6.58.